The zero-order valence-electron chi connectivity index (χ0n) is 26.0. The van der Waals surface area contributed by atoms with Gasteiger partial charge in [0.15, 0.2) is 0 Å². The molecule has 2 fully saturated rings. The normalized spacial score (nSPS) is 14.3. The van der Waals surface area contributed by atoms with Crippen molar-refractivity contribution in [1.29, 1.82) is 0 Å². The Labute approximate surface area is 278 Å². The zero-order valence-corrected chi connectivity index (χ0v) is 26.0. The quantitative estimate of drug-likeness (QED) is 0.124. The summed E-state index contributed by atoms with van der Waals surface area (Å²) in [4.78, 5) is 101. The zero-order chi connectivity index (χ0) is 35.5. The number of hydrogen-bond donors (Lipinski definition) is 5. The molecule has 4 rings (SSSR count). The summed E-state index contributed by atoms with van der Waals surface area (Å²) in [5, 5.41) is 27.1. The Morgan fingerprint density at radius 2 is 1.14 bits per heavy atom. The molecule has 18 heteroatoms. The number of aromatic carboxylic acids is 2. The fraction of sp³-hybridized carbons (Fsp3) is 0.355. The first kappa shape index (κ1) is 36.0. The van der Waals surface area contributed by atoms with Crippen LogP contribution in [0.3, 0.4) is 0 Å². The first-order valence-electron chi connectivity index (χ1n) is 15.0. The van der Waals surface area contributed by atoms with E-state index in [0.717, 1.165) is 5.56 Å². The minimum Gasteiger partial charge on any atom is -0.478 e. The maximum atomic E-state index is 13.0. The number of carbonyl (C=O) groups is 8. The standard InChI is InChI=1S/C31H33N5O13/c37-21-6-7-22(38)35(21)26-19(28(41)42)16-20(29(43)44)27(36-23(39)8-9-24(36)40)25(26)34-30(45)32-10-12-47-14-15-48-13-11-33-31(46)49-17-18-4-2-1-3-5-18/h1-5,16H,6-15,17H2,(H,33,46)(H,41,42)(H,43,44)(H2,32,34,45). The summed E-state index contributed by atoms with van der Waals surface area (Å²) in [6.45, 7) is 0.583. The molecule has 260 valence electrons. The molecule has 2 saturated heterocycles. The Morgan fingerprint density at radius 1 is 0.673 bits per heavy atom. The lowest BCUT2D eigenvalue weighted by molar-refractivity contribution is -0.122. The molecule has 0 spiro atoms. The van der Waals surface area contributed by atoms with Crippen LogP contribution in [0.4, 0.5) is 26.7 Å². The molecule has 0 unspecified atom stereocenters. The van der Waals surface area contributed by atoms with Crippen molar-refractivity contribution in [3.63, 3.8) is 0 Å². The van der Waals surface area contributed by atoms with Crippen LogP contribution in [0.1, 0.15) is 52.0 Å². The second-order valence-corrected chi connectivity index (χ2v) is 10.5. The molecule has 0 bridgehead atoms. The highest BCUT2D eigenvalue weighted by Gasteiger charge is 2.42. The van der Waals surface area contributed by atoms with E-state index in [2.05, 4.69) is 16.0 Å². The Hall–Kier alpha value is -5.88. The molecule has 2 aliphatic heterocycles. The van der Waals surface area contributed by atoms with Gasteiger partial charge in [-0.1, -0.05) is 30.3 Å². The van der Waals surface area contributed by atoms with Gasteiger partial charge in [0.1, 0.15) is 6.61 Å². The maximum absolute atomic E-state index is 13.0. The number of carboxylic acids is 2. The van der Waals surface area contributed by atoms with E-state index in [0.29, 0.717) is 15.9 Å². The molecule has 49 heavy (non-hydrogen) atoms. The van der Waals surface area contributed by atoms with Crippen LogP contribution in [0.5, 0.6) is 0 Å². The number of anilines is 3. The van der Waals surface area contributed by atoms with Crippen LogP contribution in [0, 0.1) is 0 Å². The molecule has 0 aliphatic carbocycles. The number of rotatable bonds is 16. The SMILES string of the molecule is O=C(NCCOCCOCCNC(=O)OCc1ccccc1)Nc1c(N2C(=O)CCC2=O)c(C(=O)O)cc(C(=O)O)c1N1C(=O)CCC1=O. The third-order valence-corrected chi connectivity index (χ3v) is 7.15. The van der Waals surface area contributed by atoms with Gasteiger partial charge in [0, 0.05) is 38.8 Å². The molecule has 2 aromatic rings. The third-order valence-electron chi connectivity index (χ3n) is 7.15. The van der Waals surface area contributed by atoms with Crippen molar-refractivity contribution < 1.29 is 62.8 Å². The summed E-state index contributed by atoms with van der Waals surface area (Å²) in [6.07, 6.45) is -1.77. The van der Waals surface area contributed by atoms with E-state index in [9.17, 15) is 48.6 Å². The number of imide groups is 2. The van der Waals surface area contributed by atoms with Gasteiger partial charge in [-0.25, -0.2) is 29.0 Å². The number of urea groups is 1. The maximum Gasteiger partial charge on any atom is 0.407 e. The Morgan fingerprint density at radius 3 is 1.61 bits per heavy atom. The highest BCUT2D eigenvalue weighted by Crippen LogP contribution is 2.45. The number of alkyl carbamates (subject to hydrolysis) is 1. The molecule has 5 N–H and O–H groups in total. The number of benzene rings is 2. The molecular weight excluding hydrogens is 650 g/mol. The van der Waals surface area contributed by atoms with Crippen LogP contribution >= 0.6 is 0 Å². The second-order valence-electron chi connectivity index (χ2n) is 10.5. The Kier molecular flexibility index (Phi) is 12.3. The van der Waals surface area contributed by atoms with Crippen LogP contribution in [0.25, 0.3) is 0 Å². The van der Waals surface area contributed by atoms with Crippen molar-refractivity contribution in [3.05, 3.63) is 53.1 Å². The van der Waals surface area contributed by atoms with Gasteiger partial charge in [0.25, 0.3) is 0 Å². The molecule has 18 nitrogen and oxygen atoms in total. The summed E-state index contributed by atoms with van der Waals surface area (Å²) in [5.41, 5.74) is -2.89. The smallest absolute Gasteiger partial charge is 0.407 e. The van der Waals surface area contributed by atoms with Gasteiger partial charge in [-0.3, -0.25) is 19.2 Å². The number of carbonyl (C=O) groups excluding carboxylic acids is 6. The average Bonchev–Trinajstić information content (AvgIpc) is 3.58. The molecule has 0 radical (unpaired) electrons. The molecule has 2 aliphatic rings. The van der Waals surface area contributed by atoms with E-state index in [1.54, 1.807) is 0 Å². The van der Waals surface area contributed by atoms with Gasteiger partial charge >= 0.3 is 24.1 Å². The van der Waals surface area contributed by atoms with Gasteiger partial charge in [0.2, 0.25) is 23.6 Å². The Bertz CT molecular complexity index is 1540. The topological polar surface area (TPSA) is 247 Å². The summed E-state index contributed by atoms with van der Waals surface area (Å²) in [7, 11) is 0. The number of carboxylic acid groups (broad SMARTS) is 2. The first-order valence-corrected chi connectivity index (χ1v) is 15.0. The Balaban J connectivity index is 1.34. The van der Waals surface area contributed by atoms with Crippen LogP contribution < -0.4 is 25.8 Å². The van der Waals surface area contributed by atoms with E-state index in [1.165, 1.54) is 0 Å². The summed E-state index contributed by atoms with van der Waals surface area (Å²) in [5.74, 6) is -6.82. The van der Waals surface area contributed by atoms with E-state index >= 15 is 0 Å². The number of ether oxygens (including phenoxy) is 3. The molecule has 0 atom stereocenters. The largest absolute Gasteiger partial charge is 0.478 e. The molecule has 2 heterocycles. The van der Waals surface area contributed by atoms with E-state index in [4.69, 9.17) is 14.2 Å². The van der Waals surface area contributed by atoms with E-state index < -0.39 is 75.9 Å². The van der Waals surface area contributed by atoms with Crippen molar-refractivity contribution in [2.24, 2.45) is 0 Å². The van der Waals surface area contributed by atoms with Crippen LogP contribution in [-0.4, -0.2) is 97.4 Å². The van der Waals surface area contributed by atoms with E-state index in [1.807, 2.05) is 30.3 Å². The predicted molar refractivity (Wildman–Crippen MR) is 167 cm³/mol. The second kappa shape index (κ2) is 16.8. The van der Waals surface area contributed by atoms with Crippen LogP contribution in [0.15, 0.2) is 36.4 Å². The summed E-state index contributed by atoms with van der Waals surface area (Å²) in [6, 6.07) is 8.73. The average molecular weight is 684 g/mol. The monoisotopic (exact) mass is 683 g/mol. The van der Waals surface area contributed by atoms with E-state index in [-0.39, 0.29) is 71.8 Å². The van der Waals surface area contributed by atoms with Crippen molar-refractivity contribution in [2.75, 3.05) is 54.6 Å². The lowest BCUT2D eigenvalue weighted by atomic mass is 10.0. The highest BCUT2D eigenvalue weighted by molar-refractivity contribution is 6.30. The molecular formula is C31H33N5O13. The number of nitrogens with one attached hydrogen (secondary N) is 3. The van der Waals surface area contributed by atoms with Gasteiger partial charge in [-0.05, 0) is 11.6 Å². The van der Waals surface area contributed by atoms with Crippen LogP contribution in [0.2, 0.25) is 0 Å². The summed E-state index contributed by atoms with van der Waals surface area (Å²) >= 11 is 0. The molecule has 0 aromatic heterocycles. The lowest BCUT2D eigenvalue weighted by Gasteiger charge is -2.27. The fourth-order valence-corrected chi connectivity index (χ4v) is 4.94. The van der Waals surface area contributed by atoms with Gasteiger partial charge in [0.05, 0.1) is 54.6 Å². The van der Waals surface area contributed by atoms with Crippen LogP contribution in [-0.2, 0) is 40.0 Å². The summed E-state index contributed by atoms with van der Waals surface area (Å²) < 4.78 is 15.8. The minimum absolute atomic E-state index is 0.0394. The molecule has 7 amide bonds. The van der Waals surface area contributed by atoms with Crippen molar-refractivity contribution >= 4 is 64.8 Å². The predicted octanol–water partition coefficient (Wildman–Crippen LogP) is 1.47. The molecule has 2 aromatic carbocycles. The minimum atomic E-state index is -1.74. The third kappa shape index (κ3) is 9.14. The highest BCUT2D eigenvalue weighted by atomic mass is 16.5. The fourth-order valence-electron chi connectivity index (χ4n) is 4.94. The number of amides is 7. The van der Waals surface area contributed by atoms with Crippen molar-refractivity contribution in [3.8, 4) is 0 Å². The number of nitrogens with zero attached hydrogens (tertiary/aromatic N) is 2. The molecule has 0 saturated carbocycles. The van der Waals surface area contributed by atoms with Gasteiger partial charge < -0.3 is 40.4 Å². The van der Waals surface area contributed by atoms with Crippen molar-refractivity contribution in [1.82, 2.24) is 10.6 Å². The van der Waals surface area contributed by atoms with Gasteiger partial charge in [-0.2, -0.15) is 0 Å². The first-order chi connectivity index (χ1) is 23.5. The number of hydrogen-bond acceptors (Lipinski definition) is 11. The van der Waals surface area contributed by atoms with Gasteiger partial charge in [-0.15, -0.1) is 0 Å². The lowest BCUT2D eigenvalue weighted by Crippen LogP contribution is -2.38. The van der Waals surface area contributed by atoms with Crippen molar-refractivity contribution in [2.45, 2.75) is 32.3 Å².